The maximum Gasteiger partial charge on any atom is 0.228 e. The van der Waals surface area contributed by atoms with E-state index in [-0.39, 0.29) is 23.1 Å². The Morgan fingerprint density at radius 3 is 2.44 bits per heavy atom. The Bertz CT molecular complexity index is 689. The van der Waals surface area contributed by atoms with Crippen molar-refractivity contribution in [1.29, 1.82) is 0 Å². The van der Waals surface area contributed by atoms with E-state index in [1.54, 1.807) is 0 Å². The Kier molecular flexibility index (Phi) is 5.19. The lowest BCUT2D eigenvalue weighted by Gasteiger charge is -2.32. The van der Waals surface area contributed by atoms with Gasteiger partial charge in [0.05, 0.1) is 6.42 Å². The van der Waals surface area contributed by atoms with Crippen molar-refractivity contribution in [3.63, 3.8) is 0 Å². The molecule has 1 aromatic carbocycles. The van der Waals surface area contributed by atoms with Crippen LogP contribution in [0.3, 0.4) is 0 Å². The third kappa shape index (κ3) is 4.17. The van der Waals surface area contributed by atoms with Gasteiger partial charge in [0, 0.05) is 37.8 Å². The number of piperidine rings is 1. The van der Waals surface area contributed by atoms with Crippen LogP contribution in [0.2, 0.25) is 0 Å². The number of benzene rings is 1. The molecule has 2 N–H and O–H groups in total. The lowest BCUT2D eigenvalue weighted by atomic mass is 9.92. The summed E-state index contributed by atoms with van der Waals surface area (Å²) in [6, 6.07) is 7.75. The van der Waals surface area contributed by atoms with E-state index in [0.717, 1.165) is 69.8 Å². The number of hydrogen-bond acceptors (Lipinski definition) is 4. The topological polar surface area (TPSA) is 64.7 Å². The Hall–Kier alpha value is -1.92. The fraction of sp³-hybridized carbons (Fsp3) is 0.619. The van der Waals surface area contributed by atoms with Gasteiger partial charge in [0.2, 0.25) is 11.8 Å². The number of carbonyl (C=O) groups is 2. The minimum absolute atomic E-state index is 0.151. The first-order chi connectivity index (χ1) is 13.1. The zero-order chi connectivity index (χ0) is 18.9. The van der Waals surface area contributed by atoms with E-state index in [1.807, 2.05) is 29.2 Å². The zero-order valence-corrected chi connectivity index (χ0v) is 16.2. The number of rotatable bonds is 4. The highest BCUT2D eigenvalue weighted by molar-refractivity contribution is 5.95. The summed E-state index contributed by atoms with van der Waals surface area (Å²) in [6.45, 7) is 5.55. The van der Waals surface area contributed by atoms with Gasteiger partial charge in [-0.2, -0.15) is 0 Å². The number of likely N-dealkylation sites (N-methyl/N-ethyl adjacent to an activating group) is 1. The number of anilines is 1. The molecular weight excluding hydrogens is 340 g/mol. The molecule has 2 amide bonds. The van der Waals surface area contributed by atoms with Crippen LogP contribution in [0.25, 0.3) is 0 Å². The van der Waals surface area contributed by atoms with Gasteiger partial charge in [-0.15, -0.1) is 0 Å². The van der Waals surface area contributed by atoms with Crippen LogP contribution in [0, 0.1) is 11.3 Å². The molecule has 3 fully saturated rings. The first-order valence-corrected chi connectivity index (χ1v) is 10.1. The van der Waals surface area contributed by atoms with E-state index < -0.39 is 0 Å². The van der Waals surface area contributed by atoms with Crippen LogP contribution in [-0.4, -0.2) is 67.9 Å². The lowest BCUT2D eigenvalue weighted by Crippen LogP contribution is -2.47. The molecule has 2 aliphatic heterocycles. The maximum absolute atomic E-state index is 12.5. The van der Waals surface area contributed by atoms with E-state index in [2.05, 4.69) is 22.6 Å². The highest BCUT2D eigenvalue weighted by Crippen LogP contribution is 2.58. The molecule has 2 heterocycles. The molecular formula is C21H30N4O2. The Labute approximate surface area is 161 Å². The minimum Gasteiger partial charge on any atom is -0.340 e. The van der Waals surface area contributed by atoms with Crippen molar-refractivity contribution in [1.82, 2.24) is 15.1 Å². The van der Waals surface area contributed by atoms with Crippen LogP contribution in [-0.2, 0) is 16.0 Å². The molecule has 27 heavy (non-hydrogen) atoms. The van der Waals surface area contributed by atoms with Crippen molar-refractivity contribution in [2.75, 3.05) is 51.6 Å². The second kappa shape index (κ2) is 7.60. The Morgan fingerprint density at radius 2 is 1.78 bits per heavy atom. The van der Waals surface area contributed by atoms with Gasteiger partial charge in [-0.05, 0) is 62.5 Å². The maximum atomic E-state index is 12.5. The molecule has 1 aromatic rings. The van der Waals surface area contributed by atoms with Crippen LogP contribution < -0.4 is 10.6 Å². The quantitative estimate of drug-likeness (QED) is 0.839. The third-order valence-electron chi connectivity index (χ3n) is 6.54. The van der Waals surface area contributed by atoms with Gasteiger partial charge < -0.3 is 20.4 Å². The first kappa shape index (κ1) is 18.4. The average Bonchev–Trinajstić information content (AvgIpc) is 3.37. The van der Waals surface area contributed by atoms with E-state index >= 15 is 0 Å². The number of nitrogens with zero attached hydrogens (tertiary/aromatic N) is 2. The second-order valence-electron chi connectivity index (χ2n) is 8.42. The minimum atomic E-state index is 0.151. The molecule has 2 saturated heterocycles. The van der Waals surface area contributed by atoms with Crippen molar-refractivity contribution in [2.24, 2.45) is 11.3 Å². The smallest absolute Gasteiger partial charge is 0.228 e. The van der Waals surface area contributed by atoms with Crippen molar-refractivity contribution < 1.29 is 9.59 Å². The summed E-state index contributed by atoms with van der Waals surface area (Å²) in [4.78, 5) is 29.2. The summed E-state index contributed by atoms with van der Waals surface area (Å²) in [5.74, 6) is 0.502. The largest absolute Gasteiger partial charge is 0.340 e. The van der Waals surface area contributed by atoms with E-state index in [0.29, 0.717) is 6.42 Å². The fourth-order valence-electron chi connectivity index (χ4n) is 4.47. The monoisotopic (exact) mass is 370 g/mol. The van der Waals surface area contributed by atoms with E-state index in [4.69, 9.17) is 0 Å². The lowest BCUT2D eigenvalue weighted by molar-refractivity contribution is -0.132. The summed E-state index contributed by atoms with van der Waals surface area (Å²) in [6.07, 6.45) is 3.67. The SMILES string of the molecule is CN1CCN(C(=O)Cc2ccc(NC(=O)C3CC34CCNCC4)cc2)CC1. The van der Waals surface area contributed by atoms with Gasteiger partial charge in [0.1, 0.15) is 0 Å². The zero-order valence-electron chi connectivity index (χ0n) is 16.2. The summed E-state index contributed by atoms with van der Waals surface area (Å²) in [5, 5.41) is 6.44. The standard InChI is InChI=1S/C21H30N4O2/c1-24-10-12-25(13-11-24)19(26)14-16-2-4-17(5-3-16)23-20(27)18-15-21(18)6-8-22-9-7-21/h2-5,18,22H,6-15H2,1H3,(H,23,27). The van der Waals surface area contributed by atoms with Crippen molar-refractivity contribution >= 4 is 17.5 Å². The molecule has 4 rings (SSSR count). The second-order valence-corrected chi connectivity index (χ2v) is 8.42. The van der Waals surface area contributed by atoms with Crippen molar-refractivity contribution in [2.45, 2.75) is 25.7 Å². The van der Waals surface area contributed by atoms with Crippen LogP contribution in [0.1, 0.15) is 24.8 Å². The molecule has 1 saturated carbocycles. The molecule has 1 unspecified atom stereocenters. The van der Waals surface area contributed by atoms with Crippen LogP contribution >= 0.6 is 0 Å². The Morgan fingerprint density at radius 1 is 1.11 bits per heavy atom. The highest BCUT2D eigenvalue weighted by atomic mass is 16.2. The van der Waals surface area contributed by atoms with Crippen LogP contribution in [0.4, 0.5) is 5.69 Å². The molecule has 1 aliphatic carbocycles. The molecule has 1 atom stereocenters. The first-order valence-electron chi connectivity index (χ1n) is 10.1. The molecule has 1 spiro atoms. The van der Waals surface area contributed by atoms with Gasteiger partial charge in [-0.1, -0.05) is 12.1 Å². The van der Waals surface area contributed by atoms with Gasteiger partial charge in [0.25, 0.3) is 0 Å². The van der Waals surface area contributed by atoms with E-state index in [1.165, 1.54) is 0 Å². The summed E-state index contributed by atoms with van der Waals surface area (Å²) in [7, 11) is 2.09. The predicted octanol–water partition coefficient (Wildman–Crippen LogP) is 1.33. The van der Waals surface area contributed by atoms with Crippen molar-refractivity contribution in [3.05, 3.63) is 29.8 Å². The number of piperazine rings is 1. The molecule has 0 aromatic heterocycles. The van der Waals surface area contributed by atoms with Gasteiger partial charge in [-0.25, -0.2) is 0 Å². The molecule has 0 bridgehead atoms. The van der Waals surface area contributed by atoms with E-state index in [9.17, 15) is 9.59 Å². The van der Waals surface area contributed by atoms with Gasteiger partial charge in [-0.3, -0.25) is 9.59 Å². The van der Waals surface area contributed by atoms with Crippen LogP contribution in [0.5, 0.6) is 0 Å². The highest BCUT2D eigenvalue weighted by Gasteiger charge is 2.57. The van der Waals surface area contributed by atoms with Crippen LogP contribution in [0.15, 0.2) is 24.3 Å². The number of hydrogen-bond donors (Lipinski definition) is 2. The Balaban J connectivity index is 1.28. The normalized spacial score (nSPS) is 24.6. The molecule has 0 radical (unpaired) electrons. The predicted molar refractivity (Wildman–Crippen MR) is 105 cm³/mol. The van der Waals surface area contributed by atoms with Crippen molar-refractivity contribution in [3.8, 4) is 0 Å². The fourth-order valence-corrected chi connectivity index (χ4v) is 4.47. The van der Waals surface area contributed by atoms with Gasteiger partial charge >= 0.3 is 0 Å². The van der Waals surface area contributed by atoms with Gasteiger partial charge in [0.15, 0.2) is 0 Å². The summed E-state index contributed by atoms with van der Waals surface area (Å²) in [5.41, 5.74) is 2.08. The molecule has 3 aliphatic rings. The summed E-state index contributed by atoms with van der Waals surface area (Å²) >= 11 is 0. The summed E-state index contributed by atoms with van der Waals surface area (Å²) < 4.78 is 0. The third-order valence-corrected chi connectivity index (χ3v) is 6.54. The molecule has 6 heteroatoms. The average molecular weight is 370 g/mol. The molecule has 146 valence electrons. The number of carbonyl (C=O) groups excluding carboxylic acids is 2. The number of nitrogens with one attached hydrogen (secondary N) is 2. The number of amides is 2. The molecule has 6 nitrogen and oxygen atoms in total.